The van der Waals surface area contributed by atoms with Gasteiger partial charge in [0.15, 0.2) is 5.95 Å². The van der Waals surface area contributed by atoms with Gasteiger partial charge in [-0.2, -0.15) is 4.39 Å². The van der Waals surface area contributed by atoms with Gasteiger partial charge in [-0.25, -0.2) is 0 Å². The van der Waals surface area contributed by atoms with E-state index in [1.165, 1.54) is 0 Å². The summed E-state index contributed by atoms with van der Waals surface area (Å²) in [6.45, 7) is 2.08. The monoisotopic (exact) mass is 129 g/mol. The third kappa shape index (κ3) is 1.07. The molecule has 9 heavy (non-hydrogen) atoms. The van der Waals surface area contributed by atoms with Gasteiger partial charge in [0.1, 0.15) is 0 Å². The molecule has 1 nitrogen and oxygen atoms in total. The number of hydrogen-bond donors (Lipinski definition) is 0. The zero-order valence-electron chi connectivity index (χ0n) is 5.89. The van der Waals surface area contributed by atoms with Crippen LogP contribution in [0.3, 0.4) is 0 Å². The first-order valence-electron chi connectivity index (χ1n) is 3.34. The third-order valence-electron chi connectivity index (χ3n) is 1.91. The van der Waals surface area contributed by atoms with E-state index in [-0.39, 0.29) is 5.95 Å². The molecule has 0 aromatic rings. The lowest BCUT2D eigenvalue weighted by Gasteiger charge is -2.19. The highest BCUT2D eigenvalue weighted by atomic mass is 19.1. The van der Waals surface area contributed by atoms with Crippen molar-refractivity contribution in [2.75, 3.05) is 7.05 Å². The summed E-state index contributed by atoms with van der Waals surface area (Å²) in [5, 5.41) is 0. The molecule has 1 atom stereocenters. The van der Waals surface area contributed by atoms with Gasteiger partial charge in [0.05, 0.1) is 0 Å². The van der Waals surface area contributed by atoms with E-state index >= 15 is 0 Å². The average molecular weight is 129 g/mol. The second-order valence-corrected chi connectivity index (χ2v) is 2.44. The Balaban J connectivity index is 2.51. The zero-order chi connectivity index (χ0) is 6.85. The van der Waals surface area contributed by atoms with Crippen molar-refractivity contribution < 1.29 is 4.39 Å². The molecule has 0 fully saturated rings. The molecule has 1 aliphatic rings. The lowest BCUT2D eigenvalue weighted by molar-refractivity contribution is 0.267. The highest BCUT2D eigenvalue weighted by molar-refractivity contribution is 5.02. The molecule has 0 saturated heterocycles. The van der Waals surface area contributed by atoms with Gasteiger partial charge in [0.25, 0.3) is 0 Å². The Morgan fingerprint density at radius 2 is 2.56 bits per heavy atom. The Kier molecular flexibility index (Phi) is 1.74. The first kappa shape index (κ1) is 6.59. The maximum Gasteiger partial charge on any atom is 0.185 e. The van der Waals surface area contributed by atoms with E-state index in [9.17, 15) is 4.39 Å². The standard InChI is InChI=1S/C7H12FN/c1-3-6-4-5-7(8)9(6)2/h5-6H,3-4H2,1-2H3/t6-/m0/s1. The van der Waals surface area contributed by atoms with E-state index < -0.39 is 0 Å². The van der Waals surface area contributed by atoms with Crippen LogP contribution in [0.5, 0.6) is 0 Å². The molecule has 0 bridgehead atoms. The van der Waals surface area contributed by atoms with Crippen molar-refractivity contribution in [3.05, 3.63) is 12.0 Å². The van der Waals surface area contributed by atoms with Crippen LogP contribution in [0.1, 0.15) is 19.8 Å². The number of nitrogens with zero attached hydrogens (tertiary/aromatic N) is 1. The Bertz CT molecular complexity index is 131. The van der Waals surface area contributed by atoms with Crippen LogP contribution in [-0.2, 0) is 0 Å². The van der Waals surface area contributed by atoms with E-state index in [2.05, 4.69) is 6.92 Å². The van der Waals surface area contributed by atoms with Crippen LogP contribution in [0.25, 0.3) is 0 Å². The maximum atomic E-state index is 12.5. The highest BCUT2D eigenvalue weighted by Crippen LogP contribution is 2.21. The normalized spacial score (nSPS) is 26.8. The van der Waals surface area contributed by atoms with Crippen molar-refractivity contribution >= 4 is 0 Å². The molecule has 0 aromatic heterocycles. The molecule has 0 spiro atoms. The van der Waals surface area contributed by atoms with Crippen molar-refractivity contribution in [3.63, 3.8) is 0 Å². The lowest BCUT2D eigenvalue weighted by atomic mass is 10.2. The topological polar surface area (TPSA) is 3.24 Å². The minimum atomic E-state index is -0.0677. The van der Waals surface area contributed by atoms with Crippen molar-refractivity contribution in [2.24, 2.45) is 0 Å². The molecule has 1 rings (SSSR count). The fourth-order valence-corrected chi connectivity index (χ4v) is 1.15. The predicted octanol–water partition coefficient (Wildman–Crippen LogP) is 1.91. The highest BCUT2D eigenvalue weighted by Gasteiger charge is 2.19. The number of halogens is 1. The van der Waals surface area contributed by atoms with E-state index in [4.69, 9.17) is 0 Å². The minimum absolute atomic E-state index is 0.0677. The van der Waals surface area contributed by atoms with E-state index in [0.717, 1.165) is 12.8 Å². The first-order valence-corrected chi connectivity index (χ1v) is 3.34. The second kappa shape index (κ2) is 2.38. The summed E-state index contributed by atoms with van der Waals surface area (Å²) >= 11 is 0. The van der Waals surface area contributed by atoms with Gasteiger partial charge in [-0.1, -0.05) is 6.92 Å². The van der Waals surface area contributed by atoms with Crippen LogP contribution >= 0.6 is 0 Å². The molecule has 0 unspecified atom stereocenters. The van der Waals surface area contributed by atoms with Crippen LogP contribution in [0.15, 0.2) is 12.0 Å². The second-order valence-electron chi connectivity index (χ2n) is 2.44. The van der Waals surface area contributed by atoms with Crippen LogP contribution in [0.2, 0.25) is 0 Å². The fraction of sp³-hybridized carbons (Fsp3) is 0.714. The van der Waals surface area contributed by atoms with Gasteiger partial charge in [0, 0.05) is 13.1 Å². The number of hydrogen-bond acceptors (Lipinski definition) is 1. The maximum absolute atomic E-state index is 12.5. The largest absolute Gasteiger partial charge is 0.349 e. The first-order chi connectivity index (χ1) is 4.25. The Labute approximate surface area is 55.2 Å². The molecule has 0 radical (unpaired) electrons. The smallest absolute Gasteiger partial charge is 0.185 e. The Hall–Kier alpha value is -0.530. The Morgan fingerprint density at radius 3 is 2.78 bits per heavy atom. The van der Waals surface area contributed by atoms with Crippen LogP contribution in [-0.4, -0.2) is 18.0 Å². The summed E-state index contributed by atoms with van der Waals surface area (Å²) in [6.07, 6.45) is 3.55. The lowest BCUT2D eigenvalue weighted by Crippen LogP contribution is -2.23. The zero-order valence-corrected chi connectivity index (χ0v) is 5.89. The summed E-state index contributed by atoms with van der Waals surface area (Å²) in [7, 11) is 1.80. The van der Waals surface area contributed by atoms with Crippen molar-refractivity contribution in [2.45, 2.75) is 25.8 Å². The predicted molar refractivity (Wildman–Crippen MR) is 35.6 cm³/mol. The van der Waals surface area contributed by atoms with Crippen molar-refractivity contribution in [3.8, 4) is 0 Å². The molecule has 0 amide bonds. The van der Waals surface area contributed by atoms with Gasteiger partial charge in [0.2, 0.25) is 0 Å². The minimum Gasteiger partial charge on any atom is -0.349 e. The molecule has 0 N–H and O–H groups in total. The number of rotatable bonds is 1. The molecular weight excluding hydrogens is 117 g/mol. The van der Waals surface area contributed by atoms with Crippen LogP contribution in [0, 0.1) is 0 Å². The summed E-state index contributed by atoms with van der Waals surface area (Å²) < 4.78 is 12.5. The van der Waals surface area contributed by atoms with Crippen LogP contribution in [0.4, 0.5) is 4.39 Å². The summed E-state index contributed by atoms with van der Waals surface area (Å²) in [5.74, 6) is -0.0677. The van der Waals surface area contributed by atoms with Gasteiger partial charge in [-0.15, -0.1) is 0 Å². The molecule has 0 aliphatic carbocycles. The van der Waals surface area contributed by atoms with E-state index in [1.54, 1.807) is 18.0 Å². The average Bonchev–Trinajstić information content (AvgIpc) is 2.15. The summed E-state index contributed by atoms with van der Waals surface area (Å²) in [6, 6.07) is 0.407. The molecule has 1 heterocycles. The van der Waals surface area contributed by atoms with Crippen LogP contribution < -0.4 is 0 Å². The SMILES string of the molecule is CC[C@H]1CC=C(F)N1C. The summed E-state index contributed by atoms with van der Waals surface area (Å²) in [5.41, 5.74) is 0. The van der Waals surface area contributed by atoms with Crippen molar-refractivity contribution in [1.82, 2.24) is 4.90 Å². The van der Waals surface area contributed by atoms with Gasteiger partial charge in [-0.3, -0.25) is 0 Å². The van der Waals surface area contributed by atoms with Gasteiger partial charge < -0.3 is 4.90 Å². The van der Waals surface area contributed by atoms with Gasteiger partial charge >= 0.3 is 0 Å². The molecule has 2 heteroatoms. The van der Waals surface area contributed by atoms with Crippen molar-refractivity contribution in [1.29, 1.82) is 0 Å². The van der Waals surface area contributed by atoms with E-state index in [0.29, 0.717) is 6.04 Å². The third-order valence-corrected chi connectivity index (χ3v) is 1.91. The molecule has 1 aliphatic heterocycles. The molecular formula is C7H12FN. The fourth-order valence-electron chi connectivity index (χ4n) is 1.15. The molecule has 0 saturated carbocycles. The van der Waals surface area contributed by atoms with Gasteiger partial charge in [-0.05, 0) is 18.9 Å². The Morgan fingerprint density at radius 1 is 1.89 bits per heavy atom. The summed E-state index contributed by atoms with van der Waals surface area (Å²) in [4.78, 5) is 1.69. The quantitative estimate of drug-likeness (QED) is 0.489. The van der Waals surface area contributed by atoms with E-state index in [1.807, 2.05) is 0 Å². The molecule has 52 valence electrons. The molecule has 0 aromatic carbocycles.